The number of benzene rings is 7. The summed E-state index contributed by atoms with van der Waals surface area (Å²) >= 11 is 0. The van der Waals surface area contributed by atoms with E-state index in [1.165, 1.54) is 72.0 Å². The third kappa shape index (κ3) is 4.01. The van der Waals surface area contributed by atoms with E-state index in [1.54, 1.807) is 0 Å². The Hall–Kier alpha value is -6.51. The van der Waals surface area contributed by atoms with Gasteiger partial charge < -0.3 is 4.57 Å². The Bertz CT molecular complexity index is 2860. The van der Waals surface area contributed by atoms with Crippen LogP contribution in [-0.2, 0) is 10.8 Å². The van der Waals surface area contributed by atoms with E-state index in [9.17, 15) is 0 Å². The van der Waals surface area contributed by atoms with Crippen LogP contribution in [0.15, 0.2) is 182 Å². The van der Waals surface area contributed by atoms with Gasteiger partial charge in [-0.1, -0.05) is 172 Å². The van der Waals surface area contributed by atoms with Gasteiger partial charge in [-0.3, -0.25) is 0 Å². The van der Waals surface area contributed by atoms with E-state index < -0.39 is 5.41 Å². The highest BCUT2D eigenvalue weighted by molar-refractivity contribution is 6.12. The molecule has 2 heteroatoms. The van der Waals surface area contributed by atoms with Gasteiger partial charge in [0.25, 0.3) is 0 Å². The normalized spacial score (nSPS) is 16.3. The Morgan fingerprint density at radius 3 is 1.83 bits per heavy atom. The van der Waals surface area contributed by atoms with Crippen LogP contribution in [0.25, 0.3) is 61.1 Å². The van der Waals surface area contributed by atoms with Crippen molar-refractivity contribution < 1.29 is 0 Å². The molecule has 7 aromatic carbocycles. The number of fused-ring (bicyclic) bond motifs is 11. The highest BCUT2D eigenvalue weighted by Crippen LogP contribution is 2.61. The van der Waals surface area contributed by atoms with Gasteiger partial charge >= 0.3 is 0 Å². The molecule has 2 nitrogen and oxygen atoms in total. The van der Waals surface area contributed by atoms with Crippen LogP contribution < -0.4 is 0 Å². The summed E-state index contributed by atoms with van der Waals surface area (Å²) in [4.78, 5) is 5.51. The summed E-state index contributed by atoms with van der Waals surface area (Å²) in [6.07, 6.45) is 0. The van der Waals surface area contributed by atoms with E-state index >= 15 is 0 Å². The van der Waals surface area contributed by atoms with Crippen LogP contribution in [0.1, 0.15) is 47.2 Å². The van der Waals surface area contributed by atoms with Crippen molar-refractivity contribution in [2.75, 3.05) is 0 Å². The maximum Gasteiger partial charge on any atom is 0.0748 e. The fourth-order valence-corrected chi connectivity index (χ4v) is 9.89. The second-order valence-corrected chi connectivity index (χ2v) is 15.1. The number of pyridine rings is 1. The molecular formula is C51H36N2. The molecule has 11 rings (SSSR count). The fourth-order valence-electron chi connectivity index (χ4n) is 9.89. The maximum atomic E-state index is 5.51. The molecule has 0 saturated heterocycles. The zero-order valence-electron chi connectivity index (χ0n) is 29.7. The topological polar surface area (TPSA) is 17.8 Å². The summed E-state index contributed by atoms with van der Waals surface area (Å²) in [5.74, 6) is 0. The molecule has 0 N–H and O–H groups in total. The Balaban J connectivity index is 1.29. The van der Waals surface area contributed by atoms with Gasteiger partial charge in [0.05, 0.1) is 33.5 Å². The van der Waals surface area contributed by atoms with Crippen molar-refractivity contribution in [3.05, 3.63) is 215 Å². The Labute approximate surface area is 309 Å². The molecule has 2 aliphatic rings. The van der Waals surface area contributed by atoms with Crippen LogP contribution >= 0.6 is 0 Å². The van der Waals surface area contributed by atoms with Crippen LogP contribution in [0.3, 0.4) is 0 Å². The van der Waals surface area contributed by atoms with Crippen LogP contribution in [0.2, 0.25) is 0 Å². The first kappa shape index (κ1) is 30.1. The van der Waals surface area contributed by atoms with Gasteiger partial charge in [0, 0.05) is 27.3 Å². The number of hydrogen-bond donors (Lipinski definition) is 0. The second kappa shape index (κ2) is 11.0. The largest absolute Gasteiger partial charge is 0.309 e. The second-order valence-electron chi connectivity index (χ2n) is 15.1. The highest BCUT2D eigenvalue weighted by Gasteiger charge is 2.53. The highest BCUT2D eigenvalue weighted by atomic mass is 15.0. The average Bonchev–Trinajstić information content (AvgIpc) is 3.56. The molecular weight excluding hydrogens is 641 g/mol. The van der Waals surface area contributed by atoms with Crippen molar-refractivity contribution in [3.8, 4) is 39.3 Å². The summed E-state index contributed by atoms with van der Waals surface area (Å²) < 4.78 is 2.52. The zero-order valence-corrected chi connectivity index (χ0v) is 29.7. The molecule has 2 aromatic heterocycles. The van der Waals surface area contributed by atoms with Gasteiger partial charge in [0.1, 0.15) is 0 Å². The van der Waals surface area contributed by atoms with Crippen LogP contribution in [-0.4, -0.2) is 9.55 Å². The van der Waals surface area contributed by atoms with Gasteiger partial charge in [0.15, 0.2) is 0 Å². The number of aromatic nitrogens is 2. The number of rotatable bonds is 3. The van der Waals surface area contributed by atoms with Gasteiger partial charge in [-0.15, -0.1) is 0 Å². The molecule has 1 aliphatic carbocycles. The van der Waals surface area contributed by atoms with E-state index in [1.807, 2.05) is 0 Å². The fraction of sp³-hybridized carbons (Fsp3) is 0.0784. The third-order valence-corrected chi connectivity index (χ3v) is 12.0. The predicted molar refractivity (Wildman–Crippen MR) is 219 cm³/mol. The minimum Gasteiger partial charge on any atom is -0.309 e. The minimum atomic E-state index is -0.558. The van der Waals surface area contributed by atoms with Crippen LogP contribution in [0.5, 0.6) is 0 Å². The molecule has 1 aliphatic heterocycles. The molecule has 3 heterocycles. The van der Waals surface area contributed by atoms with Crippen molar-refractivity contribution in [3.63, 3.8) is 0 Å². The number of para-hydroxylation sites is 3. The molecule has 9 aromatic rings. The van der Waals surface area contributed by atoms with Gasteiger partial charge in [-0.05, 0) is 68.8 Å². The number of hydrogen-bond acceptors (Lipinski definition) is 1. The molecule has 53 heavy (non-hydrogen) atoms. The quantitative estimate of drug-likeness (QED) is 0.182. The van der Waals surface area contributed by atoms with Crippen molar-refractivity contribution in [1.82, 2.24) is 9.55 Å². The molecule has 0 saturated carbocycles. The molecule has 1 atom stereocenters. The molecule has 250 valence electrons. The smallest absolute Gasteiger partial charge is 0.0748 e. The Morgan fingerprint density at radius 1 is 0.434 bits per heavy atom. The van der Waals surface area contributed by atoms with Crippen molar-refractivity contribution in [2.24, 2.45) is 0 Å². The first-order valence-electron chi connectivity index (χ1n) is 18.6. The summed E-state index contributed by atoms with van der Waals surface area (Å²) in [6.45, 7) is 4.82. The molecule has 1 spiro atoms. The predicted octanol–water partition coefficient (Wildman–Crippen LogP) is 12.5. The van der Waals surface area contributed by atoms with Gasteiger partial charge in [0.2, 0.25) is 0 Å². The van der Waals surface area contributed by atoms with Crippen LogP contribution in [0, 0.1) is 0 Å². The Kier molecular flexibility index (Phi) is 6.25. The van der Waals surface area contributed by atoms with E-state index in [4.69, 9.17) is 4.98 Å². The van der Waals surface area contributed by atoms with Gasteiger partial charge in [-0.25, -0.2) is 4.98 Å². The number of nitrogens with zero attached hydrogens (tertiary/aromatic N) is 2. The van der Waals surface area contributed by atoms with Crippen molar-refractivity contribution >= 4 is 21.8 Å². The molecule has 0 bridgehead atoms. The lowest BCUT2D eigenvalue weighted by molar-refractivity contribution is 0.557. The average molecular weight is 677 g/mol. The summed E-state index contributed by atoms with van der Waals surface area (Å²) in [6, 6.07) is 67.0. The van der Waals surface area contributed by atoms with Crippen molar-refractivity contribution in [1.29, 1.82) is 0 Å². The third-order valence-electron chi connectivity index (χ3n) is 12.0. The molecule has 0 amide bonds. The maximum absolute atomic E-state index is 5.51. The lowest BCUT2D eigenvalue weighted by atomic mass is 9.52. The van der Waals surface area contributed by atoms with E-state index in [-0.39, 0.29) is 5.41 Å². The van der Waals surface area contributed by atoms with Gasteiger partial charge in [-0.2, -0.15) is 0 Å². The van der Waals surface area contributed by atoms with E-state index in [0.717, 1.165) is 22.5 Å². The first-order chi connectivity index (χ1) is 26.1. The lowest BCUT2D eigenvalue weighted by Crippen LogP contribution is -2.44. The summed E-state index contributed by atoms with van der Waals surface area (Å²) in [5.41, 5.74) is 17.4. The monoisotopic (exact) mass is 676 g/mol. The zero-order chi connectivity index (χ0) is 35.3. The van der Waals surface area contributed by atoms with E-state index in [0.29, 0.717) is 0 Å². The van der Waals surface area contributed by atoms with Crippen LogP contribution in [0.4, 0.5) is 0 Å². The molecule has 0 fully saturated rings. The Morgan fingerprint density at radius 2 is 1.02 bits per heavy atom. The minimum absolute atomic E-state index is 0.321. The molecule has 1 unspecified atom stereocenters. The van der Waals surface area contributed by atoms with E-state index in [2.05, 4.69) is 200 Å². The summed E-state index contributed by atoms with van der Waals surface area (Å²) in [7, 11) is 0. The standard InChI is InChI=1S/C51H36N2/c1-50(2)39-24-10-11-25-40(39)51(41-26-12-14-30-47(41)53-46-29-13-9-21-36(46)37-22-15-28-43(51)49(37)53)42-27-16-23-38(48(42)50)45-32-35(33-17-5-3-6-18-33)31-44(52-45)34-19-7-4-8-20-34/h3-32H,1-2H3. The lowest BCUT2D eigenvalue weighted by Gasteiger charge is -2.50. The molecule has 0 radical (unpaired) electrons. The summed E-state index contributed by atoms with van der Waals surface area (Å²) in [5, 5.41) is 2.57. The SMILES string of the molecule is CC1(C)c2ccccc2C2(c3ccccc3-n3c4ccccc4c4cccc2c43)c2cccc(-c3cc(-c4ccccc4)cc(-c4ccccc4)n3)c21. The van der Waals surface area contributed by atoms with Crippen molar-refractivity contribution in [2.45, 2.75) is 24.7 Å². The first-order valence-corrected chi connectivity index (χ1v) is 18.6.